The maximum atomic E-state index is 12.6. The molecule has 0 aliphatic rings. The highest BCUT2D eigenvalue weighted by Gasteiger charge is 2.24. The monoisotopic (exact) mass is 366 g/mol. The molecule has 4 aromatic rings. The summed E-state index contributed by atoms with van der Waals surface area (Å²) >= 11 is 0. The minimum atomic E-state index is -0.624. The van der Waals surface area contributed by atoms with E-state index in [-0.39, 0.29) is 27.6 Å². The lowest BCUT2D eigenvalue weighted by atomic mass is 10.1. The molecule has 4 rings (SSSR count). The summed E-state index contributed by atoms with van der Waals surface area (Å²) in [5, 5.41) is 13.7. The number of nitrogens with zero attached hydrogens (tertiary/aromatic N) is 2. The number of hydrogen-bond acceptors (Lipinski definition) is 8. The van der Waals surface area contributed by atoms with Crippen molar-refractivity contribution in [2.45, 2.75) is 6.92 Å². The highest BCUT2D eigenvalue weighted by molar-refractivity contribution is 6.08. The number of aromatic nitrogens is 1. The Morgan fingerprint density at radius 2 is 2.11 bits per heavy atom. The number of furan rings is 1. The molecular weight excluding hydrogens is 352 g/mol. The third-order valence-corrected chi connectivity index (χ3v) is 4.04. The number of methoxy groups -OCH3 is 1. The Kier molecular flexibility index (Phi) is 4.00. The Labute approximate surface area is 152 Å². The molecule has 0 amide bonds. The number of rotatable bonds is 3. The molecule has 0 atom stereocenters. The van der Waals surface area contributed by atoms with Crippen molar-refractivity contribution in [1.82, 2.24) is 4.98 Å². The van der Waals surface area contributed by atoms with Crippen LogP contribution in [0.4, 0.5) is 0 Å². The number of esters is 1. The third-order valence-electron chi connectivity index (χ3n) is 4.04. The van der Waals surface area contributed by atoms with E-state index in [1.165, 1.54) is 25.6 Å². The molecule has 0 saturated heterocycles. The molecule has 0 bridgehead atoms. The zero-order valence-electron chi connectivity index (χ0n) is 14.4. The average Bonchev–Trinajstić information content (AvgIpc) is 3.17. The van der Waals surface area contributed by atoms with Gasteiger partial charge >= 0.3 is 5.97 Å². The summed E-state index contributed by atoms with van der Waals surface area (Å²) in [6, 6.07) is 6.36. The number of fused-ring (bicyclic) bond motifs is 2. The first-order valence-electron chi connectivity index (χ1n) is 7.96. The zero-order chi connectivity index (χ0) is 19.0. The van der Waals surface area contributed by atoms with Crippen molar-refractivity contribution in [3.63, 3.8) is 0 Å². The first-order chi connectivity index (χ1) is 13.1. The summed E-state index contributed by atoms with van der Waals surface area (Å²) in [5.41, 5.74) is 0.851. The van der Waals surface area contributed by atoms with Crippen LogP contribution in [0, 0.1) is 6.92 Å². The summed E-state index contributed by atoms with van der Waals surface area (Å²) in [4.78, 5) is 16.5. The first kappa shape index (κ1) is 16.6. The molecule has 8 heteroatoms. The maximum absolute atomic E-state index is 12.6. The van der Waals surface area contributed by atoms with E-state index in [1.807, 2.05) is 0 Å². The van der Waals surface area contributed by atoms with Gasteiger partial charge in [0.2, 0.25) is 5.75 Å². The van der Waals surface area contributed by atoms with Gasteiger partial charge in [0, 0.05) is 18.5 Å². The summed E-state index contributed by atoms with van der Waals surface area (Å²) < 4.78 is 22.4. The molecule has 0 fully saturated rings. The van der Waals surface area contributed by atoms with Gasteiger partial charge in [-0.3, -0.25) is 4.98 Å². The molecule has 0 spiro atoms. The van der Waals surface area contributed by atoms with Crippen LogP contribution in [0.1, 0.15) is 16.1 Å². The molecule has 0 aliphatic carbocycles. The summed E-state index contributed by atoms with van der Waals surface area (Å²) in [6.45, 7) is 1.70. The molecule has 3 heterocycles. The van der Waals surface area contributed by atoms with Gasteiger partial charge in [0.25, 0.3) is 0 Å². The molecule has 1 N–H and O–H groups in total. The van der Waals surface area contributed by atoms with Crippen LogP contribution in [-0.2, 0) is 0 Å². The molecule has 136 valence electrons. The summed E-state index contributed by atoms with van der Waals surface area (Å²) in [5.74, 6) is 0.297. The number of carbonyl (C=O) groups excluding carboxylic acids is 1. The fourth-order valence-corrected chi connectivity index (χ4v) is 2.91. The highest BCUT2D eigenvalue weighted by atomic mass is 16.5. The van der Waals surface area contributed by atoms with Crippen LogP contribution in [0.5, 0.6) is 11.5 Å². The smallest absolute Gasteiger partial charge is 0.345 e. The summed E-state index contributed by atoms with van der Waals surface area (Å²) in [6.07, 6.45) is 4.39. The Hall–Kier alpha value is -3.81. The van der Waals surface area contributed by atoms with E-state index in [2.05, 4.69) is 10.1 Å². The van der Waals surface area contributed by atoms with E-state index in [0.29, 0.717) is 22.5 Å². The standard InChI is InChI=1S/C19H14N2O6/c1-10-8-13(21-23)14-15(27-19(22)11-4-3-6-20-9-11)12-5-7-25-16(12)18(24-2)17(14)26-10/h3-9,23H,1-2H3. The summed E-state index contributed by atoms with van der Waals surface area (Å²) in [7, 11) is 1.46. The van der Waals surface area contributed by atoms with Crippen LogP contribution in [0.25, 0.3) is 21.9 Å². The number of aryl methyl sites for hydroxylation is 1. The number of pyridine rings is 1. The lowest BCUT2D eigenvalue weighted by Gasteiger charge is -2.12. The molecule has 0 unspecified atom stereocenters. The van der Waals surface area contributed by atoms with E-state index in [9.17, 15) is 10.0 Å². The van der Waals surface area contributed by atoms with Crippen molar-refractivity contribution in [2.75, 3.05) is 7.11 Å². The van der Waals surface area contributed by atoms with E-state index in [4.69, 9.17) is 18.3 Å². The molecule has 3 aromatic heterocycles. The van der Waals surface area contributed by atoms with Gasteiger partial charge in [-0.15, -0.1) is 0 Å². The van der Waals surface area contributed by atoms with Gasteiger partial charge in [0.1, 0.15) is 11.1 Å². The van der Waals surface area contributed by atoms with Crippen molar-refractivity contribution in [3.05, 3.63) is 59.6 Å². The Bertz CT molecular complexity index is 1220. The van der Waals surface area contributed by atoms with Crippen LogP contribution in [0.3, 0.4) is 0 Å². The van der Waals surface area contributed by atoms with Crippen molar-refractivity contribution < 1.29 is 28.3 Å². The second-order valence-corrected chi connectivity index (χ2v) is 5.70. The van der Waals surface area contributed by atoms with Gasteiger partial charge < -0.3 is 23.5 Å². The van der Waals surface area contributed by atoms with Gasteiger partial charge in [-0.25, -0.2) is 4.79 Å². The van der Waals surface area contributed by atoms with Crippen molar-refractivity contribution in [3.8, 4) is 11.5 Å². The molecule has 8 nitrogen and oxygen atoms in total. The molecule has 0 saturated carbocycles. The van der Waals surface area contributed by atoms with E-state index < -0.39 is 5.97 Å². The lowest BCUT2D eigenvalue weighted by molar-refractivity contribution is 0.0738. The molecule has 1 aromatic carbocycles. The third kappa shape index (κ3) is 2.67. The first-order valence-corrected chi connectivity index (χ1v) is 7.96. The topological polar surface area (TPSA) is 107 Å². The average molecular weight is 366 g/mol. The van der Waals surface area contributed by atoms with Gasteiger partial charge in [0.15, 0.2) is 16.9 Å². The van der Waals surface area contributed by atoms with Crippen LogP contribution in [-0.4, -0.2) is 23.3 Å². The van der Waals surface area contributed by atoms with Crippen LogP contribution < -0.4 is 14.8 Å². The highest BCUT2D eigenvalue weighted by Crippen LogP contribution is 2.42. The van der Waals surface area contributed by atoms with Gasteiger partial charge in [0.05, 0.1) is 29.7 Å². The minimum absolute atomic E-state index is 0.139. The predicted octanol–water partition coefficient (Wildman–Crippen LogP) is 3.40. The SMILES string of the molecule is COc1c2occc2c(OC(=O)c2cccnc2)c2c(=NO)cc(C)oc12. The van der Waals surface area contributed by atoms with Crippen molar-refractivity contribution in [2.24, 2.45) is 5.16 Å². The van der Waals surface area contributed by atoms with Crippen molar-refractivity contribution in [1.29, 1.82) is 0 Å². The fourth-order valence-electron chi connectivity index (χ4n) is 2.91. The van der Waals surface area contributed by atoms with E-state index >= 15 is 0 Å². The molecule has 0 radical (unpaired) electrons. The quantitative estimate of drug-likeness (QED) is 0.256. The molecule has 27 heavy (non-hydrogen) atoms. The second kappa shape index (κ2) is 6.49. The van der Waals surface area contributed by atoms with Gasteiger partial charge in [-0.1, -0.05) is 5.16 Å². The normalized spacial score (nSPS) is 11.9. The van der Waals surface area contributed by atoms with Crippen LogP contribution in [0.15, 0.2) is 56.9 Å². The maximum Gasteiger partial charge on any atom is 0.345 e. The predicted molar refractivity (Wildman–Crippen MR) is 93.8 cm³/mol. The molecular formula is C19H14N2O6. The Morgan fingerprint density at radius 1 is 1.26 bits per heavy atom. The minimum Gasteiger partial charge on any atom is -0.490 e. The number of benzene rings is 1. The Morgan fingerprint density at radius 3 is 2.81 bits per heavy atom. The number of carbonyl (C=O) groups is 1. The van der Waals surface area contributed by atoms with E-state index in [1.54, 1.807) is 31.3 Å². The van der Waals surface area contributed by atoms with E-state index in [0.717, 1.165) is 0 Å². The van der Waals surface area contributed by atoms with Gasteiger partial charge in [-0.05, 0) is 25.1 Å². The lowest BCUT2D eigenvalue weighted by Crippen LogP contribution is -2.13. The van der Waals surface area contributed by atoms with Crippen LogP contribution >= 0.6 is 0 Å². The zero-order valence-corrected chi connectivity index (χ0v) is 14.4. The number of ether oxygens (including phenoxy) is 2. The van der Waals surface area contributed by atoms with Gasteiger partial charge in [-0.2, -0.15) is 0 Å². The number of hydrogen-bond donors (Lipinski definition) is 1. The Balaban J connectivity index is 2.06. The largest absolute Gasteiger partial charge is 0.490 e. The van der Waals surface area contributed by atoms with Crippen LogP contribution in [0.2, 0.25) is 0 Å². The fraction of sp³-hybridized carbons (Fsp3) is 0.105. The second-order valence-electron chi connectivity index (χ2n) is 5.70. The molecule has 0 aliphatic heterocycles. The van der Waals surface area contributed by atoms with Crippen molar-refractivity contribution >= 4 is 27.9 Å².